The van der Waals surface area contributed by atoms with E-state index in [1.54, 1.807) is 24.3 Å². The fourth-order valence-corrected chi connectivity index (χ4v) is 2.78. The number of hydrogen-bond donors (Lipinski definition) is 3. The highest BCUT2D eigenvalue weighted by Gasteiger charge is 2.24. The summed E-state index contributed by atoms with van der Waals surface area (Å²) in [5.41, 5.74) is -0.863. The number of hydrogen-bond acceptors (Lipinski definition) is 7. The van der Waals surface area contributed by atoms with Crippen molar-refractivity contribution in [3.05, 3.63) is 46.4 Å². The summed E-state index contributed by atoms with van der Waals surface area (Å²) in [5.74, 6) is -1.87. The number of nitrogens with zero attached hydrogens (tertiary/aromatic N) is 2. The third-order valence-electron chi connectivity index (χ3n) is 3.65. The number of ether oxygens (including phenoxy) is 1. The molecular weight excluding hydrogens is 374 g/mol. The lowest BCUT2D eigenvalue weighted by Crippen LogP contribution is -2.42. The van der Waals surface area contributed by atoms with Crippen LogP contribution in [0.2, 0.25) is 0 Å². The Labute approximate surface area is 159 Å². The number of carbonyl (C=O) groups is 2. The van der Waals surface area contributed by atoms with Crippen molar-refractivity contribution in [1.29, 1.82) is 0 Å². The van der Waals surface area contributed by atoms with E-state index in [-0.39, 0.29) is 12.1 Å². The van der Waals surface area contributed by atoms with Crippen LogP contribution in [0.25, 0.3) is 5.69 Å². The number of aliphatic carboxylic acids is 1. The molecule has 0 fully saturated rings. The van der Waals surface area contributed by atoms with Gasteiger partial charge in [0.15, 0.2) is 11.4 Å². The van der Waals surface area contributed by atoms with Crippen molar-refractivity contribution < 1.29 is 24.5 Å². The molecule has 0 radical (unpaired) electrons. The number of aromatic nitrogens is 2. The Bertz CT molecular complexity index is 898. The molecule has 0 aliphatic carbocycles. The number of rotatable bonds is 8. The maximum absolute atomic E-state index is 12.4. The first-order valence-corrected chi connectivity index (χ1v) is 9.27. The van der Waals surface area contributed by atoms with Crippen molar-refractivity contribution >= 4 is 23.6 Å². The first-order valence-electron chi connectivity index (χ1n) is 7.88. The van der Waals surface area contributed by atoms with Gasteiger partial charge in [-0.15, -0.1) is 0 Å². The molecule has 1 unspecified atom stereocenters. The van der Waals surface area contributed by atoms with Gasteiger partial charge in [-0.2, -0.15) is 21.5 Å². The van der Waals surface area contributed by atoms with Gasteiger partial charge in [0.25, 0.3) is 11.5 Å². The van der Waals surface area contributed by atoms with Crippen LogP contribution < -0.4 is 15.6 Å². The molecule has 1 atom stereocenters. The van der Waals surface area contributed by atoms with E-state index >= 15 is 0 Å². The Morgan fingerprint density at radius 3 is 2.70 bits per heavy atom. The van der Waals surface area contributed by atoms with Crippen LogP contribution in [0, 0.1) is 0 Å². The van der Waals surface area contributed by atoms with Crippen molar-refractivity contribution in [1.82, 2.24) is 15.1 Å². The van der Waals surface area contributed by atoms with E-state index in [2.05, 4.69) is 10.4 Å². The third-order valence-corrected chi connectivity index (χ3v) is 4.30. The number of carboxylic acid groups (broad SMARTS) is 1. The molecule has 0 spiro atoms. The molecule has 0 aliphatic rings. The van der Waals surface area contributed by atoms with Gasteiger partial charge in [-0.3, -0.25) is 9.59 Å². The molecule has 1 amide bonds. The lowest BCUT2D eigenvalue weighted by Gasteiger charge is -2.15. The summed E-state index contributed by atoms with van der Waals surface area (Å²) in [6.45, 7) is 0. The molecule has 2 rings (SSSR count). The summed E-state index contributed by atoms with van der Waals surface area (Å²) in [7, 11) is 1.42. The number of nitrogens with one attached hydrogen (secondary N) is 1. The van der Waals surface area contributed by atoms with Crippen molar-refractivity contribution in [2.75, 3.05) is 19.1 Å². The number of para-hydroxylation sites is 2. The molecule has 27 heavy (non-hydrogen) atoms. The number of amides is 1. The summed E-state index contributed by atoms with van der Waals surface area (Å²) < 4.78 is 6.09. The van der Waals surface area contributed by atoms with E-state index in [0.29, 0.717) is 11.5 Å². The number of carboxylic acids is 1. The Kier molecular flexibility index (Phi) is 6.83. The number of carbonyl (C=O) groups excluding carboxylic acids is 1. The quantitative estimate of drug-likeness (QED) is 0.602. The fourth-order valence-electron chi connectivity index (χ4n) is 2.31. The molecule has 144 valence electrons. The topological polar surface area (TPSA) is 131 Å². The second-order valence-corrected chi connectivity index (χ2v) is 6.43. The minimum Gasteiger partial charge on any atom is -0.505 e. The largest absolute Gasteiger partial charge is 0.505 e. The zero-order valence-electron chi connectivity index (χ0n) is 14.7. The summed E-state index contributed by atoms with van der Waals surface area (Å²) in [5, 5.41) is 25.4. The smallest absolute Gasteiger partial charge is 0.326 e. The highest BCUT2D eigenvalue weighted by Crippen LogP contribution is 2.21. The van der Waals surface area contributed by atoms with Gasteiger partial charge in [0.1, 0.15) is 17.5 Å². The van der Waals surface area contributed by atoms with Gasteiger partial charge in [-0.25, -0.2) is 4.79 Å². The minimum atomic E-state index is -1.20. The molecule has 0 aliphatic heterocycles. The zero-order valence-corrected chi connectivity index (χ0v) is 15.5. The fraction of sp³-hybridized carbons (Fsp3) is 0.294. The van der Waals surface area contributed by atoms with Crippen LogP contribution in [0.4, 0.5) is 0 Å². The summed E-state index contributed by atoms with van der Waals surface area (Å²) >= 11 is 1.44. The molecule has 0 bridgehead atoms. The van der Waals surface area contributed by atoms with Crippen LogP contribution in [-0.4, -0.2) is 57.0 Å². The Morgan fingerprint density at radius 1 is 1.37 bits per heavy atom. The molecular formula is C17H19N3O6S. The Balaban J connectivity index is 2.41. The van der Waals surface area contributed by atoms with Crippen LogP contribution in [-0.2, 0) is 4.79 Å². The third kappa shape index (κ3) is 4.79. The maximum atomic E-state index is 12.4. The molecule has 1 aromatic heterocycles. The van der Waals surface area contributed by atoms with Gasteiger partial charge < -0.3 is 20.3 Å². The molecule has 0 saturated heterocycles. The molecule has 0 saturated carbocycles. The van der Waals surface area contributed by atoms with Gasteiger partial charge >= 0.3 is 5.97 Å². The second-order valence-electron chi connectivity index (χ2n) is 5.45. The summed E-state index contributed by atoms with van der Waals surface area (Å²) in [4.78, 5) is 36.0. The van der Waals surface area contributed by atoms with Gasteiger partial charge in [-0.1, -0.05) is 12.1 Å². The van der Waals surface area contributed by atoms with Crippen LogP contribution in [0.15, 0.2) is 35.1 Å². The normalized spacial score (nSPS) is 11.6. The van der Waals surface area contributed by atoms with Gasteiger partial charge in [0.2, 0.25) is 0 Å². The van der Waals surface area contributed by atoms with E-state index in [1.165, 1.54) is 18.9 Å². The second kappa shape index (κ2) is 9.08. The number of benzene rings is 1. The molecule has 9 nitrogen and oxygen atoms in total. The van der Waals surface area contributed by atoms with Crippen molar-refractivity contribution in [3.63, 3.8) is 0 Å². The first-order chi connectivity index (χ1) is 12.9. The highest BCUT2D eigenvalue weighted by molar-refractivity contribution is 7.98. The molecule has 1 heterocycles. The van der Waals surface area contributed by atoms with Crippen molar-refractivity contribution in [2.24, 2.45) is 0 Å². The monoisotopic (exact) mass is 393 g/mol. The predicted molar refractivity (Wildman–Crippen MR) is 99.9 cm³/mol. The number of methoxy groups -OCH3 is 1. The molecule has 10 heteroatoms. The van der Waals surface area contributed by atoms with E-state index in [9.17, 15) is 24.6 Å². The van der Waals surface area contributed by atoms with E-state index in [0.717, 1.165) is 10.7 Å². The lowest BCUT2D eigenvalue weighted by atomic mass is 10.2. The van der Waals surface area contributed by atoms with Crippen LogP contribution >= 0.6 is 11.8 Å². The first kappa shape index (κ1) is 20.3. The highest BCUT2D eigenvalue weighted by atomic mass is 32.2. The van der Waals surface area contributed by atoms with E-state index < -0.39 is 34.9 Å². The van der Waals surface area contributed by atoms with Crippen LogP contribution in [0.1, 0.15) is 16.9 Å². The Morgan fingerprint density at radius 2 is 2.07 bits per heavy atom. The van der Waals surface area contributed by atoms with Crippen LogP contribution in [0.3, 0.4) is 0 Å². The minimum absolute atomic E-state index is 0.204. The lowest BCUT2D eigenvalue weighted by molar-refractivity contribution is -0.139. The van der Waals surface area contributed by atoms with Gasteiger partial charge in [0.05, 0.1) is 7.11 Å². The molecule has 1 aromatic carbocycles. The van der Waals surface area contributed by atoms with Gasteiger partial charge in [-0.05, 0) is 30.6 Å². The van der Waals surface area contributed by atoms with E-state index in [1.807, 2.05) is 6.26 Å². The number of aromatic hydroxyl groups is 1. The maximum Gasteiger partial charge on any atom is 0.326 e. The standard InChI is InChI=1S/C17H19N3O6S/c1-26-13-6-4-3-5-11(13)20-14(22)9-12(21)15(19-20)16(23)18-10(17(24)25)7-8-27-2/h3-6,9-10,21H,7-8H2,1-2H3,(H,18,23)(H,24,25). The molecule has 2 aromatic rings. The molecule has 3 N–H and O–H groups in total. The van der Waals surface area contributed by atoms with E-state index in [4.69, 9.17) is 4.74 Å². The SMILES string of the molecule is COc1ccccc1-n1nc(C(=O)NC(CCSC)C(=O)O)c(O)cc1=O. The van der Waals surface area contributed by atoms with Crippen molar-refractivity contribution in [3.8, 4) is 17.2 Å². The van der Waals surface area contributed by atoms with Gasteiger partial charge in [0, 0.05) is 6.07 Å². The van der Waals surface area contributed by atoms with Crippen molar-refractivity contribution in [2.45, 2.75) is 12.5 Å². The predicted octanol–water partition coefficient (Wildman–Crippen LogP) is 0.883. The van der Waals surface area contributed by atoms with Crippen LogP contribution in [0.5, 0.6) is 11.5 Å². The Hall–Kier alpha value is -3.01. The number of thioether (sulfide) groups is 1. The summed E-state index contributed by atoms with van der Waals surface area (Å²) in [6, 6.07) is 6.22. The average molecular weight is 393 g/mol. The summed E-state index contributed by atoms with van der Waals surface area (Å²) in [6.07, 6.45) is 2.02. The average Bonchev–Trinajstić information content (AvgIpc) is 2.64. The zero-order chi connectivity index (χ0) is 20.0.